The van der Waals surface area contributed by atoms with Gasteiger partial charge in [0.25, 0.3) is 0 Å². The molecule has 0 bridgehead atoms. The fraction of sp³-hybridized carbons (Fsp3) is 0.750. The number of piperidine rings is 2. The lowest BCUT2D eigenvalue weighted by Gasteiger charge is -2.40. The number of nitrogens with one attached hydrogen (secondary N) is 1. The largest absolute Gasteiger partial charge is 0.340 e. The van der Waals surface area contributed by atoms with Gasteiger partial charge in [0.05, 0.1) is 6.26 Å². The maximum Gasteiger partial charge on any atom is 0.224 e. The molecule has 3 aliphatic heterocycles. The zero-order valence-corrected chi connectivity index (χ0v) is 23.7. The Morgan fingerprint density at radius 1 is 1.05 bits per heavy atom. The Balaban J connectivity index is 1.34. The van der Waals surface area contributed by atoms with Gasteiger partial charge in [-0.25, -0.2) is 21.5 Å². The first-order valence-corrected chi connectivity index (χ1v) is 16.1. The van der Waals surface area contributed by atoms with Crippen LogP contribution in [0.2, 0.25) is 0 Å². The second-order valence-electron chi connectivity index (χ2n) is 11.3. The summed E-state index contributed by atoms with van der Waals surface area (Å²) in [5, 5.41) is 3.43. The number of carbonyl (C=O) groups excluding carboxylic acids is 1. The molecule has 1 N–H and O–H groups in total. The molecule has 2 atom stereocenters. The number of benzene rings is 1. The third kappa shape index (κ3) is 7.73. The van der Waals surface area contributed by atoms with Gasteiger partial charge in [-0.1, -0.05) is 0 Å². The van der Waals surface area contributed by atoms with E-state index in [1.807, 2.05) is 0 Å². The van der Waals surface area contributed by atoms with Crippen LogP contribution in [0.15, 0.2) is 18.2 Å². The second kappa shape index (κ2) is 13.2. The molecule has 0 aliphatic carbocycles. The Labute approximate surface area is 227 Å². The van der Waals surface area contributed by atoms with Crippen molar-refractivity contribution >= 4 is 15.9 Å². The second-order valence-corrected chi connectivity index (χ2v) is 13.3. The predicted octanol–water partition coefficient (Wildman–Crippen LogP) is 3.57. The van der Waals surface area contributed by atoms with Gasteiger partial charge >= 0.3 is 0 Å². The molecular formula is C28H44F2N4O3S. The fourth-order valence-corrected chi connectivity index (χ4v) is 7.62. The highest BCUT2D eigenvalue weighted by atomic mass is 32.2. The van der Waals surface area contributed by atoms with Crippen LogP contribution in [-0.2, 0) is 14.8 Å². The van der Waals surface area contributed by atoms with Crippen LogP contribution in [-0.4, -0.2) is 92.6 Å². The molecule has 4 rings (SSSR count). The summed E-state index contributed by atoms with van der Waals surface area (Å²) in [6.07, 6.45) is 8.03. The quantitative estimate of drug-likeness (QED) is 0.479. The van der Waals surface area contributed by atoms with Crippen molar-refractivity contribution in [2.45, 2.75) is 76.3 Å². The Morgan fingerprint density at radius 2 is 1.71 bits per heavy atom. The molecule has 3 saturated heterocycles. The van der Waals surface area contributed by atoms with Gasteiger partial charge in [0.2, 0.25) is 15.9 Å². The number of sulfonamides is 1. The summed E-state index contributed by atoms with van der Waals surface area (Å²) < 4.78 is 53.7. The lowest BCUT2D eigenvalue weighted by molar-refractivity contribution is -0.134. The van der Waals surface area contributed by atoms with Crippen LogP contribution in [0.1, 0.15) is 69.8 Å². The Kier molecular flexibility index (Phi) is 10.2. The minimum atomic E-state index is -3.24. The average molecular weight is 555 g/mol. The molecule has 3 fully saturated rings. The van der Waals surface area contributed by atoms with Gasteiger partial charge in [-0.05, 0) is 94.5 Å². The molecule has 3 aliphatic rings. The molecule has 0 aromatic heterocycles. The molecule has 1 amide bonds. The van der Waals surface area contributed by atoms with Crippen molar-refractivity contribution in [2.75, 3.05) is 52.1 Å². The highest BCUT2D eigenvalue weighted by Gasteiger charge is 2.33. The first kappa shape index (κ1) is 29.4. The third-order valence-corrected chi connectivity index (χ3v) is 10.2. The Morgan fingerprint density at radius 3 is 2.26 bits per heavy atom. The number of carbonyl (C=O) groups is 1. The van der Waals surface area contributed by atoms with Crippen LogP contribution in [0.5, 0.6) is 0 Å². The molecule has 0 unspecified atom stereocenters. The summed E-state index contributed by atoms with van der Waals surface area (Å²) in [6, 6.07) is 4.35. The van der Waals surface area contributed by atoms with E-state index in [0.717, 1.165) is 70.9 Å². The SMILES string of the molecule is CCN(C(=O)C[C@@H]1CCCN1)C1CCN(CC[C@@H](c2cc(F)cc(F)c2)C2CCN(S(C)(=O)=O)CC2)CC1. The predicted molar refractivity (Wildman–Crippen MR) is 145 cm³/mol. The van der Waals surface area contributed by atoms with Crippen LogP contribution in [0.25, 0.3) is 0 Å². The van der Waals surface area contributed by atoms with E-state index in [1.54, 1.807) is 0 Å². The van der Waals surface area contributed by atoms with Crippen molar-refractivity contribution in [2.24, 2.45) is 5.92 Å². The highest BCUT2D eigenvalue weighted by molar-refractivity contribution is 7.88. The molecule has 10 heteroatoms. The molecule has 0 radical (unpaired) electrons. The lowest BCUT2D eigenvalue weighted by Crippen LogP contribution is -2.48. The molecule has 3 heterocycles. The zero-order valence-electron chi connectivity index (χ0n) is 22.9. The van der Waals surface area contributed by atoms with Crippen LogP contribution < -0.4 is 5.32 Å². The lowest BCUT2D eigenvalue weighted by atomic mass is 9.78. The first-order chi connectivity index (χ1) is 18.1. The third-order valence-electron chi connectivity index (χ3n) is 8.85. The van der Waals surface area contributed by atoms with Crippen LogP contribution >= 0.6 is 0 Å². The average Bonchev–Trinajstić information content (AvgIpc) is 3.38. The summed E-state index contributed by atoms with van der Waals surface area (Å²) in [7, 11) is -3.24. The first-order valence-electron chi connectivity index (χ1n) is 14.3. The summed E-state index contributed by atoms with van der Waals surface area (Å²) in [4.78, 5) is 17.4. The van der Waals surface area contributed by atoms with Crippen LogP contribution in [0.4, 0.5) is 8.78 Å². The monoisotopic (exact) mass is 554 g/mol. The molecule has 1 aromatic rings. The van der Waals surface area contributed by atoms with E-state index in [2.05, 4.69) is 22.0 Å². The van der Waals surface area contributed by atoms with E-state index in [9.17, 15) is 22.0 Å². The molecular weight excluding hydrogens is 510 g/mol. The number of rotatable bonds is 10. The van der Waals surface area contributed by atoms with E-state index in [0.29, 0.717) is 44.0 Å². The maximum atomic E-state index is 14.1. The smallest absolute Gasteiger partial charge is 0.224 e. The van der Waals surface area contributed by atoms with E-state index in [-0.39, 0.29) is 23.8 Å². The zero-order chi connectivity index (χ0) is 27.3. The number of hydrogen-bond donors (Lipinski definition) is 1. The van der Waals surface area contributed by atoms with Gasteiger partial charge in [-0.3, -0.25) is 4.79 Å². The maximum absolute atomic E-state index is 14.1. The number of hydrogen-bond acceptors (Lipinski definition) is 5. The molecule has 214 valence electrons. The number of halogens is 2. The van der Waals surface area contributed by atoms with E-state index < -0.39 is 21.7 Å². The topological polar surface area (TPSA) is 73.0 Å². The number of likely N-dealkylation sites (tertiary alicyclic amines) is 1. The Hall–Kier alpha value is -1.62. The number of nitrogens with zero attached hydrogens (tertiary/aromatic N) is 3. The van der Waals surface area contributed by atoms with E-state index in [1.165, 1.54) is 22.7 Å². The Bertz CT molecular complexity index is 1010. The normalized spacial score (nSPS) is 23.5. The summed E-state index contributed by atoms with van der Waals surface area (Å²) in [6.45, 7) is 7.29. The van der Waals surface area contributed by atoms with Crippen molar-refractivity contribution in [3.63, 3.8) is 0 Å². The molecule has 1 aromatic carbocycles. The molecule has 0 spiro atoms. The van der Waals surface area contributed by atoms with Gasteiger partial charge in [-0.2, -0.15) is 0 Å². The van der Waals surface area contributed by atoms with E-state index >= 15 is 0 Å². The standard InChI is InChI=1S/C28H44F2N4O3S/c1-3-34(28(35)20-25-5-4-11-31-25)26-8-12-32(13-9-26)14-10-27(22-17-23(29)19-24(30)18-22)21-6-15-33(16-7-21)38(2,36)37/h17-19,21,25-27,31H,3-16,20H2,1-2H3/t25-,27+/m0/s1. The van der Waals surface area contributed by atoms with Crippen molar-refractivity contribution in [1.82, 2.24) is 19.4 Å². The van der Waals surface area contributed by atoms with Gasteiger partial charge in [0.15, 0.2) is 0 Å². The van der Waals surface area contributed by atoms with Gasteiger partial charge in [0.1, 0.15) is 11.6 Å². The van der Waals surface area contributed by atoms with Gasteiger partial charge in [0, 0.05) is 57.3 Å². The summed E-state index contributed by atoms with van der Waals surface area (Å²) in [5.41, 5.74) is 0.665. The van der Waals surface area contributed by atoms with Gasteiger partial charge in [-0.15, -0.1) is 0 Å². The summed E-state index contributed by atoms with van der Waals surface area (Å²) in [5.74, 6) is -0.761. The minimum absolute atomic E-state index is 0.0349. The highest BCUT2D eigenvalue weighted by Crippen LogP contribution is 2.37. The molecule has 0 saturated carbocycles. The van der Waals surface area contributed by atoms with Crippen molar-refractivity contribution in [1.29, 1.82) is 0 Å². The van der Waals surface area contributed by atoms with Crippen molar-refractivity contribution in [3.05, 3.63) is 35.4 Å². The van der Waals surface area contributed by atoms with Gasteiger partial charge < -0.3 is 15.1 Å². The van der Waals surface area contributed by atoms with Crippen LogP contribution in [0.3, 0.4) is 0 Å². The number of amides is 1. The fourth-order valence-electron chi connectivity index (χ4n) is 6.75. The molecule has 38 heavy (non-hydrogen) atoms. The minimum Gasteiger partial charge on any atom is -0.340 e. The summed E-state index contributed by atoms with van der Waals surface area (Å²) >= 11 is 0. The molecule has 7 nitrogen and oxygen atoms in total. The van der Waals surface area contributed by atoms with Crippen molar-refractivity contribution in [3.8, 4) is 0 Å². The van der Waals surface area contributed by atoms with E-state index in [4.69, 9.17) is 0 Å². The van der Waals surface area contributed by atoms with Crippen molar-refractivity contribution < 1.29 is 22.0 Å². The van der Waals surface area contributed by atoms with Crippen LogP contribution in [0, 0.1) is 17.6 Å².